The van der Waals surface area contributed by atoms with Crippen LogP contribution in [0.2, 0.25) is 0 Å². The zero-order chi connectivity index (χ0) is 9.68. The molecule has 0 spiro atoms. The van der Waals surface area contributed by atoms with Crippen LogP contribution in [0.15, 0.2) is 30.3 Å². The van der Waals surface area contributed by atoms with Crippen LogP contribution < -0.4 is 0 Å². The van der Waals surface area contributed by atoms with Gasteiger partial charge in [-0.2, -0.15) is 0 Å². The highest BCUT2D eigenvalue weighted by Gasteiger charge is 1.95. The van der Waals surface area contributed by atoms with Crippen LogP contribution >= 0.6 is 0 Å². The van der Waals surface area contributed by atoms with E-state index in [2.05, 4.69) is 0 Å². The molecule has 1 aromatic rings. The smallest absolute Gasteiger partial charge is 0.307 e. The second-order valence-corrected chi connectivity index (χ2v) is 2.52. The summed E-state index contributed by atoms with van der Waals surface area (Å²) in [5.41, 5.74) is 0.406. The van der Waals surface area contributed by atoms with Gasteiger partial charge < -0.3 is 5.11 Å². The van der Waals surface area contributed by atoms with Gasteiger partial charge in [0.2, 0.25) is 0 Å². The van der Waals surface area contributed by atoms with Crippen molar-refractivity contribution in [1.82, 2.24) is 0 Å². The molecular formula is C10H9FO2. The zero-order valence-electron chi connectivity index (χ0n) is 6.90. The molecule has 0 aromatic heterocycles. The highest BCUT2D eigenvalue weighted by molar-refractivity contribution is 5.70. The van der Waals surface area contributed by atoms with Crippen molar-refractivity contribution in [2.75, 3.05) is 0 Å². The fourth-order valence-electron chi connectivity index (χ4n) is 0.897. The van der Waals surface area contributed by atoms with Crippen LogP contribution in [0.5, 0.6) is 0 Å². The van der Waals surface area contributed by atoms with Crippen LogP contribution in [0, 0.1) is 5.82 Å². The summed E-state index contributed by atoms with van der Waals surface area (Å²) >= 11 is 0. The summed E-state index contributed by atoms with van der Waals surface area (Å²) < 4.78 is 12.9. The summed E-state index contributed by atoms with van der Waals surface area (Å²) in [5, 5.41) is 8.32. The molecule has 0 aliphatic rings. The van der Waals surface area contributed by atoms with Gasteiger partial charge in [0, 0.05) is 5.56 Å². The van der Waals surface area contributed by atoms with Gasteiger partial charge in [0.1, 0.15) is 5.82 Å². The molecule has 0 radical (unpaired) electrons. The van der Waals surface area contributed by atoms with E-state index in [0.717, 1.165) is 0 Å². The predicted molar refractivity (Wildman–Crippen MR) is 47.7 cm³/mol. The molecule has 0 aliphatic carbocycles. The van der Waals surface area contributed by atoms with Crippen molar-refractivity contribution in [2.24, 2.45) is 0 Å². The standard InChI is InChI=1S/C10H9FO2/c11-9-6-2-1-4-8(9)5-3-7-10(12)13/h1-6H,7H2,(H,12,13). The van der Waals surface area contributed by atoms with Crippen LogP contribution in [0.25, 0.3) is 6.08 Å². The molecule has 1 N–H and O–H groups in total. The number of carboxylic acid groups (broad SMARTS) is 1. The number of hydrogen-bond donors (Lipinski definition) is 1. The third-order valence-corrected chi connectivity index (χ3v) is 1.50. The van der Waals surface area contributed by atoms with E-state index in [1.54, 1.807) is 18.2 Å². The Balaban J connectivity index is 2.68. The van der Waals surface area contributed by atoms with Crippen molar-refractivity contribution in [3.05, 3.63) is 41.7 Å². The summed E-state index contributed by atoms with van der Waals surface area (Å²) in [6.07, 6.45) is 2.79. The molecule has 0 atom stereocenters. The van der Waals surface area contributed by atoms with Crippen molar-refractivity contribution >= 4 is 12.0 Å². The SMILES string of the molecule is O=C(O)CC=Cc1ccccc1F. The van der Waals surface area contributed by atoms with E-state index in [9.17, 15) is 9.18 Å². The molecule has 0 saturated carbocycles. The Labute approximate surface area is 75.3 Å². The van der Waals surface area contributed by atoms with E-state index in [0.29, 0.717) is 5.56 Å². The first kappa shape index (κ1) is 9.45. The molecule has 1 rings (SSSR count). The van der Waals surface area contributed by atoms with E-state index in [1.165, 1.54) is 18.2 Å². The molecule has 0 fully saturated rings. The molecule has 0 heterocycles. The molecule has 0 amide bonds. The number of carbonyl (C=O) groups is 1. The Hall–Kier alpha value is -1.64. The average Bonchev–Trinajstić information content (AvgIpc) is 2.08. The Bertz CT molecular complexity index is 331. The van der Waals surface area contributed by atoms with Gasteiger partial charge in [0.05, 0.1) is 6.42 Å². The van der Waals surface area contributed by atoms with Gasteiger partial charge in [-0.3, -0.25) is 4.79 Å². The van der Waals surface area contributed by atoms with Crippen LogP contribution in [0.1, 0.15) is 12.0 Å². The number of hydrogen-bond acceptors (Lipinski definition) is 1. The first-order chi connectivity index (χ1) is 6.20. The lowest BCUT2D eigenvalue weighted by atomic mass is 10.2. The molecule has 3 heteroatoms. The number of rotatable bonds is 3. The van der Waals surface area contributed by atoms with Crippen LogP contribution in [-0.4, -0.2) is 11.1 Å². The van der Waals surface area contributed by atoms with Crippen molar-refractivity contribution in [3.63, 3.8) is 0 Å². The second-order valence-electron chi connectivity index (χ2n) is 2.52. The van der Waals surface area contributed by atoms with Crippen molar-refractivity contribution in [3.8, 4) is 0 Å². The molecule has 1 aromatic carbocycles. The lowest BCUT2D eigenvalue weighted by Gasteiger charge is -1.93. The highest BCUT2D eigenvalue weighted by Crippen LogP contribution is 2.08. The van der Waals surface area contributed by atoms with Crippen LogP contribution in [0.3, 0.4) is 0 Å². The van der Waals surface area contributed by atoms with E-state index in [-0.39, 0.29) is 12.2 Å². The maximum absolute atomic E-state index is 12.9. The minimum atomic E-state index is -0.924. The van der Waals surface area contributed by atoms with Gasteiger partial charge in [0.15, 0.2) is 0 Å². The Kier molecular flexibility index (Phi) is 3.20. The van der Waals surface area contributed by atoms with E-state index < -0.39 is 5.97 Å². The maximum Gasteiger partial charge on any atom is 0.307 e. The van der Waals surface area contributed by atoms with E-state index in [1.807, 2.05) is 0 Å². The van der Waals surface area contributed by atoms with Gasteiger partial charge in [-0.15, -0.1) is 0 Å². The number of aliphatic carboxylic acids is 1. The largest absolute Gasteiger partial charge is 0.481 e. The third-order valence-electron chi connectivity index (χ3n) is 1.50. The highest BCUT2D eigenvalue weighted by atomic mass is 19.1. The van der Waals surface area contributed by atoms with Gasteiger partial charge >= 0.3 is 5.97 Å². The van der Waals surface area contributed by atoms with Gasteiger partial charge in [-0.25, -0.2) is 4.39 Å². The number of benzene rings is 1. The second kappa shape index (κ2) is 4.40. The minimum Gasteiger partial charge on any atom is -0.481 e. The first-order valence-corrected chi connectivity index (χ1v) is 3.83. The Morgan fingerprint density at radius 1 is 1.46 bits per heavy atom. The number of halogens is 1. The quantitative estimate of drug-likeness (QED) is 0.774. The predicted octanol–water partition coefficient (Wildman–Crippen LogP) is 2.31. The Morgan fingerprint density at radius 3 is 2.77 bits per heavy atom. The summed E-state index contributed by atoms with van der Waals surface area (Å²) in [6, 6.07) is 6.21. The molecule has 13 heavy (non-hydrogen) atoms. The van der Waals surface area contributed by atoms with E-state index in [4.69, 9.17) is 5.11 Å². The van der Waals surface area contributed by atoms with Crippen molar-refractivity contribution < 1.29 is 14.3 Å². The van der Waals surface area contributed by atoms with Crippen molar-refractivity contribution in [1.29, 1.82) is 0 Å². The maximum atomic E-state index is 12.9. The summed E-state index contributed by atoms with van der Waals surface area (Å²) in [5.74, 6) is -1.27. The zero-order valence-corrected chi connectivity index (χ0v) is 6.90. The topological polar surface area (TPSA) is 37.3 Å². The van der Waals surface area contributed by atoms with Crippen LogP contribution in [0.4, 0.5) is 4.39 Å². The fourth-order valence-corrected chi connectivity index (χ4v) is 0.897. The molecule has 0 bridgehead atoms. The van der Waals surface area contributed by atoms with Crippen molar-refractivity contribution in [2.45, 2.75) is 6.42 Å². The monoisotopic (exact) mass is 180 g/mol. The first-order valence-electron chi connectivity index (χ1n) is 3.83. The molecule has 0 aliphatic heterocycles. The summed E-state index contributed by atoms with van der Waals surface area (Å²) in [6.45, 7) is 0. The summed E-state index contributed by atoms with van der Waals surface area (Å²) in [4.78, 5) is 10.1. The fraction of sp³-hybridized carbons (Fsp3) is 0.100. The number of carboxylic acids is 1. The van der Waals surface area contributed by atoms with Gasteiger partial charge in [-0.1, -0.05) is 30.4 Å². The molecule has 0 saturated heterocycles. The normalized spacial score (nSPS) is 10.5. The van der Waals surface area contributed by atoms with E-state index >= 15 is 0 Å². The van der Waals surface area contributed by atoms with Gasteiger partial charge in [0.25, 0.3) is 0 Å². The van der Waals surface area contributed by atoms with Gasteiger partial charge in [-0.05, 0) is 6.07 Å². The molecule has 0 unspecified atom stereocenters. The lowest BCUT2D eigenvalue weighted by molar-refractivity contribution is -0.135. The minimum absolute atomic E-state index is 0.0890. The van der Waals surface area contributed by atoms with Crippen LogP contribution in [-0.2, 0) is 4.79 Å². The molecular weight excluding hydrogens is 171 g/mol. The molecule has 68 valence electrons. The Morgan fingerprint density at radius 2 is 2.15 bits per heavy atom. The summed E-state index contributed by atoms with van der Waals surface area (Å²) in [7, 11) is 0. The average molecular weight is 180 g/mol. The lowest BCUT2D eigenvalue weighted by Crippen LogP contribution is -1.89. The molecule has 2 nitrogen and oxygen atoms in total. The third kappa shape index (κ3) is 3.07.